The molecule has 25 heavy (non-hydrogen) atoms. The monoisotopic (exact) mass is 377 g/mol. The molecule has 0 aliphatic rings. The van der Waals surface area contributed by atoms with Crippen molar-refractivity contribution in [3.8, 4) is 11.3 Å². The number of hydrogen-bond acceptors (Lipinski definition) is 3. The summed E-state index contributed by atoms with van der Waals surface area (Å²) in [7, 11) is 0. The molecular formula is C19H21Cl2N3O. The average molecular weight is 378 g/mol. The van der Waals surface area contributed by atoms with E-state index < -0.39 is 6.10 Å². The fourth-order valence-electron chi connectivity index (χ4n) is 3.05. The van der Waals surface area contributed by atoms with Crippen molar-refractivity contribution in [2.75, 3.05) is 0 Å². The second-order valence-corrected chi connectivity index (χ2v) is 6.91. The van der Waals surface area contributed by atoms with Gasteiger partial charge in [-0.05, 0) is 37.1 Å². The van der Waals surface area contributed by atoms with Crippen molar-refractivity contribution in [1.29, 1.82) is 0 Å². The molecule has 1 N–H and O–H groups in total. The first kappa shape index (κ1) is 18.2. The second-order valence-electron chi connectivity index (χ2n) is 6.06. The number of nitrogens with zero attached hydrogens (tertiary/aromatic N) is 3. The zero-order chi connectivity index (χ0) is 18.0. The summed E-state index contributed by atoms with van der Waals surface area (Å²) in [6.07, 6.45) is 4.61. The van der Waals surface area contributed by atoms with Crippen molar-refractivity contribution in [2.45, 2.75) is 45.6 Å². The topological polar surface area (TPSA) is 50.4 Å². The maximum Gasteiger partial charge on any atom is 0.161 e. The van der Waals surface area contributed by atoms with E-state index in [0.717, 1.165) is 41.8 Å². The van der Waals surface area contributed by atoms with Gasteiger partial charge in [-0.1, -0.05) is 49.9 Å². The Balaban J connectivity index is 2.18. The highest BCUT2D eigenvalue weighted by molar-refractivity contribution is 6.36. The van der Waals surface area contributed by atoms with Crippen LogP contribution < -0.4 is 0 Å². The number of halogens is 2. The van der Waals surface area contributed by atoms with Crippen LogP contribution >= 0.6 is 23.2 Å². The van der Waals surface area contributed by atoms with E-state index in [1.807, 2.05) is 19.1 Å². The second kappa shape index (κ2) is 7.73. The molecule has 2 aromatic heterocycles. The van der Waals surface area contributed by atoms with Crippen LogP contribution in [0.15, 0.2) is 30.5 Å². The third kappa shape index (κ3) is 3.52. The summed E-state index contributed by atoms with van der Waals surface area (Å²) in [5, 5.41) is 16.5. The smallest absolute Gasteiger partial charge is 0.161 e. The van der Waals surface area contributed by atoms with Crippen LogP contribution in [0.2, 0.25) is 10.0 Å². The Bertz CT molecular complexity index is 892. The van der Waals surface area contributed by atoms with Crippen molar-refractivity contribution in [2.24, 2.45) is 0 Å². The molecule has 1 atom stereocenters. The molecule has 0 amide bonds. The molecule has 0 saturated heterocycles. The van der Waals surface area contributed by atoms with E-state index in [-0.39, 0.29) is 0 Å². The van der Waals surface area contributed by atoms with E-state index in [2.05, 4.69) is 11.9 Å². The Hall–Kier alpha value is -1.62. The fraction of sp³-hybridized carbons (Fsp3) is 0.368. The highest BCUT2D eigenvalue weighted by atomic mass is 35.5. The summed E-state index contributed by atoms with van der Waals surface area (Å²) in [6, 6.07) is 7.26. The van der Waals surface area contributed by atoms with Gasteiger partial charge in [-0.2, -0.15) is 5.10 Å². The molecule has 0 radical (unpaired) electrons. The molecule has 3 rings (SSSR count). The largest absolute Gasteiger partial charge is 0.388 e. The van der Waals surface area contributed by atoms with Crippen LogP contribution in [-0.2, 0) is 6.42 Å². The maximum atomic E-state index is 10.7. The van der Waals surface area contributed by atoms with Gasteiger partial charge in [0, 0.05) is 22.3 Å². The molecule has 0 spiro atoms. The third-order valence-electron chi connectivity index (χ3n) is 4.34. The molecule has 0 fully saturated rings. The quantitative estimate of drug-likeness (QED) is 0.617. The normalized spacial score (nSPS) is 12.7. The van der Waals surface area contributed by atoms with Crippen molar-refractivity contribution >= 4 is 28.8 Å². The van der Waals surface area contributed by atoms with Crippen LogP contribution in [-0.4, -0.2) is 19.7 Å². The van der Waals surface area contributed by atoms with Gasteiger partial charge in [0.15, 0.2) is 5.65 Å². The molecule has 132 valence electrons. The molecule has 1 aromatic carbocycles. The predicted molar refractivity (Wildman–Crippen MR) is 102 cm³/mol. The van der Waals surface area contributed by atoms with Crippen LogP contribution in [0.5, 0.6) is 0 Å². The molecular weight excluding hydrogens is 357 g/mol. The summed E-state index contributed by atoms with van der Waals surface area (Å²) in [5.41, 5.74) is 4.04. The van der Waals surface area contributed by atoms with Crippen LogP contribution in [0.3, 0.4) is 0 Å². The number of rotatable bonds is 6. The minimum atomic E-state index is -0.559. The van der Waals surface area contributed by atoms with Crippen molar-refractivity contribution in [3.63, 3.8) is 0 Å². The first-order valence-electron chi connectivity index (χ1n) is 8.56. The number of unbranched alkanes of at least 4 members (excludes halogenated alkanes) is 1. The van der Waals surface area contributed by atoms with E-state index in [1.165, 1.54) is 0 Å². The molecule has 0 bridgehead atoms. The maximum absolute atomic E-state index is 10.7. The number of aliphatic hydroxyl groups excluding tert-OH is 1. The summed E-state index contributed by atoms with van der Waals surface area (Å²) in [6.45, 7) is 4.15. The number of hydrogen-bond donors (Lipinski definition) is 1. The van der Waals surface area contributed by atoms with Gasteiger partial charge in [0.05, 0.1) is 22.5 Å². The van der Waals surface area contributed by atoms with E-state index >= 15 is 0 Å². The predicted octanol–water partition coefficient (Wildman–Crippen LogP) is 5.49. The van der Waals surface area contributed by atoms with Crippen molar-refractivity contribution < 1.29 is 5.11 Å². The summed E-state index contributed by atoms with van der Waals surface area (Å²) >= 11 is 12.4. The van der Waals surface area contributed by atoms with E-state index in [1.54, 1.807) is 22.8 Å². The first-order valence-corrected chi connectivity index (χ1v) is 9.32. The molecule has 0 aliphatic carbocycles. The number of aryl methyl sites for hydroxylation is 1. The highest BCUT2D eigenvalue weighted by Crippen LogP contribution is 2.33. The van der Waals surface area contributed by atoms with Crippen LogP contribution in [0.4, 0.5) is 0 Å². The standard InChI is InChI=1S/C19H21Cl2N3O/c1-3-5-6-17(25)18-15(4-2)23-24-16(9-10-22-19(18)24)13-8-7-12(20)11-14(13)21/h7-11,17,25H,3-6H2,1-2H3. The lowest BCUT2D eigenvalue weighted by Crippen LogP contribution is -2.01. The summed E-state index contributed by atoms with van der Waals surface area (Å²) in [5.74, 6) is 0. The third-order valence-corrected chi connectivity index (χ3v) is 4.88. The summed E-state index contributed by atoms with van der Waals surface area (Å²) < 4.78 is 1.78. The van der Waals surface area contributed by atoms with Crippen molar-refractivity contribution in [1.82, 2.24) is 14.6 Å². The lowest BCUT2D eigenvalue weighted by atomic mass is 10.0. The zero-order valence-electron chi connectivity index (χ0n) is 14.3. The zero-order valence-corrected chi connectivity index (χ0v) is 15.8. The van der Waals surface area contributed by atoms with E-state index in [0.29, 0.717) is 22.1 Å². The minimum Gasteiger partial charge on any atom is -0.388 e. The Kier molecular flexibility index (Phi) is 5.62. The van der Waals surface area contributed by atoms with Gasteiger partial charge in [-0.25, -0.2) is 9.50 Å². The average Bonchev–Trinajstić information content (AvgIpc) is 2.98. The van der Waals surface area contributed by atoms with Crippen LogP contribution in [0, 0.1) is 0 Å². The molecule has 0 saturated carbocycles. The molecule has 0 aliphatic heterocycles. The van der Waals surface area contributed by atoms with Gasteiger partial charge in [-0.15, -0.1) is 0 Å². The summed E-state index contributed by atoms with van der Waals surface area (Å²) in [4.78, 5) is 4.48. The lowest BCUT2D eigenvalue weighted by molar-refractivity contribution is 0.164. The van der Waals surface area contributed by atoms with Gasteiger partial charge < -0.3 is 5.11 Å². The minimum absolute atomic E-state index is 0.557. The van der Waals surface area contributed by atoms with Gasteiger partial charge in [0.25, 0.3) is 0 Å². The Labute approximate surface area is 157 Å². The van der Waals surface area contributed by atoms with Crippen LogP contribution in [0.25, 0.3) is 16.9 Å². The Morgan fingerprint density at radius 2 is 2.00 bits per heavy atom. The van der Waals surface area contributed by atoms with Gasteiger partial charge >= 0.3 is 0 Å². The Morgan fingerprint density at radius 1 is 1.20 bits per heavy atom. The number of benzene rings is 1. The number of aromatic nitrogens is 3. The number of fused-ring (bicyclic) bond motifs is 1. The molecule has 4 nitrogen and oxygen atoms in total. The fourth-order valence-corrected chi connectivity index (χ4v) is 3.56. The number of aliphatic hydroxyl groups is 1. The van der Waals surface area contributed by atoms with Gasteiger partial charge in [0.2, 0.25) is 0 Å². The molecule has 2 heterocycles. The van der Waals surface area contributed by atoms with Crippen LogP contribution in [0.1, 0.15) is 50.5 Å². The SMILES string of the molecule is CCCCC(O)c1c(CC)nn2c(-c3ccc(Cl)cc3Cl)ccnc12. The van der Waals surface area contributed by atoms with E-state index in [4.69, 9.17) is 28.3 Å². The van der Waals surface area contributed by atoms with Gasteiger partial charge in [0.1, 0.15) is 0 Å². The molecule has 3 aromatic rings. The Morgan fingerprint density at radius 3 is 2.68 bits per heavy atom. The van der Waals surface area contributed by atoms with Gasteiger partial charge in [-0.3, -0.25) is 0 Å². The molecule has 1 unspecified atom stereocenters. The van der Waals surface area contributed by atoms with Crippen molar-refractivity contribution in [3.05, 3.63) is 51.8 Å². The first-order chi connectivity index (χ1) is 12.1. The van der Waals surface area contributed by atoms with E-state index in [9.17, 15) is 5.11 Å². The lowest BCUT2D eigenvalue weighted by Gasteiger charge is -2.10. The highest BCUT2D eigenvalue weighted by Gasteiger charge is 2.22. The molecule has 6 heteroatoms.